The lowest BCUT2D eigenvalue weighted by Crippen LogP contribution is -2.35. The predicted molar refractivity (Wildman–Crippen MR) is 95.7 cm³/mol. The first kappa shape index (κ1) is 15.5. The Morgan fingerprint density at radius 3 is 2.16 bits per heavy atom. The van der Waals surface area contributed by atoms with Crippen molar-refractivity contribution in [3.8, 4) is 11.1 Å². The van der Waals surface area contributed by atoms with Crippen LogP contribution in [-0.4, -0.2) is 27.9 Å². The van der Waals surface area contributed by atoms with Gasteiger partial charge in [0.25, 0.3) is 5.91 Å². The van der Waals surface area contributed by atoms with Crippen molar-refractivity contribution in [2.24, 2.45) is 0 Å². The Kier molecular flexibility index (Phi) is 3.82. The van der Waals surface area contributed by atoms with Crippen LogP contribution in [0.5, 0.6) is 0 Å². The number of hydrogen-bond acceptors (Lipinski definition) is 3. The zero-order valence-electron chi connectivity index (χ0n) is 13.8. The summed E-state index contributed by atoms with van der Waals surface area (Å²) >= 11 is 0. The summed E-state index contributed by atoms with van der Waals surface area (Å²) < 4.78 is 0. The summed E-state index contributed by atoms with van der Waals surface area (Å²) in [5.41, 5.74) is 4.94. The molecule has 0 saturated heterocycles. The molecule has 1 aromatic heterocycles. The molecule has 25 heavy (non-hydrogen) atoms. The van der Waals surface area contributed by atoms with Crippen molar-refractivity contribution < 1.29 is 9.90 Å². The van der Waals surface area contributed by atoms with Gasteiger partial charge in [0, 0.05) is 25.0 Å². The van der Waals surface area contributed by atoms with Crippen LogP contribution in [0, 0.1) is 0 Å². The van der Waals surface area contributed by atoms with Gasteiger partial charge in [-0.3, -0.25) is 9.78 Å². The number of aliphatic hydroxyl groups excluding tert-OH is 1. The van der Waals surface area contributed by atoms with Crippen LogP contribution in [0.3, 0.4) is 0 Å². The fraction of sp³-hybridized carbons (Fsp3) is 0.143. The number of aromatic nitrogens is 1. The van der Waals surface area contributed by atoms with Crippen molar-refractivity contribution in [1.82, 2.24) is 9.88 Å². The number of pyridine rings is 1. The number of hydrogen-bond donors (Lipinski definition) is 1. The fourth-order valence-electron chi connectivity index (χ4n) is 3.55. The summed E-state index contributed by atoms with van der Waals surface area (Å²) in [5, 5.41) is 10.5. The molecule has 0 spiro atoms. The van der Waals surface area contributed by atoms with Gasteiger partial charge in [-0.25, -0.2) is 0 Å². The number of nitrogens with zero attached hydrogens (tertiary/aromatic N) is 2. The van der Waals surface area contributed by atoms with E-state index in [0.717, 1.165) is 22.3 Å². The van der Waals surface area contributed by atoms with E-state index in [2.05, 4.69) is 17.1 Å². The number of fused-ring (bicyclic) bond motifs is 3. The molecule has 1 amide bonds. The van der Waals surface area contributed by atoms with E-state index in [1.165, 1.54) is 6.20 Å². The minimum Gasteiger partial charge on any atom is -0.378 e. The summed E-state index contributed by atoms with van der Waals surface area (Å²) in [6, 6.07) is 19.4. The SMILES string of the molecule is CN(C(=O)C(O)c1cccnc1)C1c2ccccc2-c2ccccc21. The first-order valence-corrected chi connectivity index (χ1v) is 8.21. The molecule has 1 N–H and O–H groups in total. The number of amides is 1. The van der Waals surface area contributed by atoms with E-state index < -0.39 is 6.10 Å². The van der Waals surface area contributed by atoms with Gasteiger partial charge in [-0.2, -0.15) is 0 Å². The van der Waals surface area contributed by atoms with Crippen molar-refractivity contribution in [2.75, 3.05) is 7.05 Å². The van der Waals surface area contributed by atoms with E-state index >= 15 is 0 Å². The summed E-state index contributed by atoms with van der Waals surface area (Å²) in [6.07, 6.45) is 1.92. The van der Waals surface area contributed by atoms with Crippen LogP contribution in [0.1, 0.15) is 28.8 Å². The summed E-state index contributed by atoms with van der Waals surface area (Å²) in [6.45, 7) is 0. The standard InChI is InChI=1S/C21H18N2O2/c1-23(21(25)20(24)14-7-6-12-22-13-14)19-17-10-4-2-8-15(17)16-9-3-5-11-18(16)19/h2-13,19-20,24H,1H3. The van der Waals surface area contributed by atoms with E-state index in [-0.39, 0.29) is 11.9 Å². The van der Waals surface area contributed by atoms with Gasteiger partial charge < -0.3 is 10.0 Å². The molecule has 1 aliphatic carbocycles. The largest absolute Gasteiger partial charge is 0.378 e. The third kappa shape index (κ3) is 2.51. The Balaban J connectivity index is 1.73. The maximum Gasteiger partial charge on any atom is 0.256 e. The maximum absolute atomic E-state index is 12.9. The van der Waals surface area contributed by atoms with Gasteiger partial charge in [-0.05, 0) is 28.3 Å². The first-order chi connectivity index (χ1) is 12.2. The topological polar surface area (TPSA) is 53.4 Å². The third-order valence-electron chi connectivity index (χ3n) is 4.77. The highest BCUT2D eigenvalue weighted by Crippen LogP contribution is 2.46. The zero-order chi connectivity index (χ0) is 17.4. The minimum atomic E-state index is -1.22. The van der Waals surface area contributed by atoms with Gasteiger partial charge in [-0.1, -0.05) is 54.6 Å². The molecular formula is C21H18N2O2. The van der Waals surface area contributed by atoms with E-state index in [1.807, 2.05) is 36.4 Å². The van der Waals surface area contributed by atoms with Gasteiger partial charge in [0.15, 0.2) is 6.10 Å². The number of carbonyl (C=O) groups is 1. The molecule has 4 nitrogen and oxygen atoms in total. The van der Waals surface area contributed by atoms with E-state index in [0.29, 0.717) is 5.56 Å². The molecule has 1 unspecified atom stereocenters. The number of rotatable bonds is 3. The molecule has 0 fully saturated rings. The molecule has 0 bridgehead atoms. The molecule has 2 aromatic carbocycles. The van der Waals surface area contributed by atoms with Crippen LogP contribution in [0.2, 0.25) is 0 Å². The first-order valence-electron chi connectivity index (χ1n) is 8.21. The highest BCUT2D eigenvalue weighted by Gasteiger charge is 2.35. The second kappa shape index (κ2) is 6.15. The molecule has 0 radical (unpaired) electrons. The number of aliphatic hydroxyl groups is 1. The molecule has 4 heteroatoms. The highest BCUT2D eigenvalue weighted by atomic mass is 16.3. The molecule has 4 rings (SSSR count). The summed E-state index contributed by atoms with van der Waals surface area (Å²) in [7, 11) is 1.74. The van der Waals surface area contributed by atoms with Crippen LogP contribution >= 0.6 is 0 Å². The van der Waals surface area contributed by atoms with E-state index in [9.17, 15) is 9.90 Å². The van der Waals surface area contributed by atoms with Crippen molar-refractivity contribution in [3.05, 3.63) is 89.7 Å². The normalized spacial score (nSPS) is 13.8. The quantitative estimate of drug-likeness (QED) is 0.801. The van der Waals surface area contributed by atoms with Crippen LogP contribution in [0.4, 0.5) is 0 Å². The number of benzene rings is 2. The van der Waals surface area contributed by atoms with Crippen molar-refractivity contribution >= 4 is 5.91 Å². The highest BCUT2D eigenvalue weighted by molar-refractivity contribution is 5.86. The smallest absolute Gasteiger partial charge is 0.256 e. The number of carbonyl (C=O) groups excluding carboxylic acids is 1. The molecule has 1 heterocycles. The Hall–Kier alpha value is -2.98. The minimum absolute atomic E-state index is 0.203. The van der Waals surface area contributed by atoms with Crippen molar-refractivity contribution in [3.63, 3.8) is 0 Å². The molecule has 0 saturated carbocycles. The van der Waals surface area contributed by atoms with Gasteiger partial charge in [0.2, 0.25) is 0 Å². The average Bonchev–Trinajstić information content (AvgIpc) is 3.01. The van der Waals surface area contributed by atoms with E-state index in [4.69, 9.17) is 0 Å². The van der Waals surface area contributed by atoms with Gasteiger partial charge in [-0.15, -0.1) is 0 Å². The molecular weight excluding hydrogens is 312 g/mol. The third-order valence-corrected chi connectivity index (χ3v) is 4.77. The average molecular weight is 330 g/mol. The van der Waals surface area contributed by atoms with Gasteiger partial charge in [0.05, 0.1) is 6.04 Å². The Bertz CT molecular complexity index is 878. The van der Waals surface area contributed by atoms with E-state index in [1.54, 1.807) is 30.3 Å². The predicted octanol–water partition coefficient (Wildman–Crippen LogP) is 3.34. The summed E-state index contributed by atoms with van der Waals surface area (Å²) in [5.74, 6) is -0.343. The lowest BCUT2D eigenvalue weighted by atomic mass is 10.0. The second-order valence-corrected chi connectivity index (χ2v) is 6.22. The van der Waals surface area contributed by atoms with Crippen molar-refractivity contribution in [2.45, 2.75) is 12.1 Å². The summed E-state index contributed by atoms with van der Waals surface area (Å²) in [4.78, 5) is 18.5. The zero-order valence-corrected chi connectivity index (χ0v) is 13.8. The second-order valence-electron chi connectivity index (χ2n) is 6.22. The maximum atomic E-state index is 12.9. The lowest BCUT2D eigenvalue weighted by molar-refractivity contribution is -0.140. The molecule has 3 aromatic rings. The molecule has 124 valence electrons. The van der Waals surface area contributed by atoms with Gasteiger partial charge >= 0.3 is 0 Å². The monoisotopic (exact) mass is 330 g/mol. The molecule has 1 aliphatic rings. The van der Waals surface area contributed by atoms with Crippen LogP contribution in [0.25, 0.3) is 11.1 Å². The van der Waals surface area contributed by atoms with Crippen molar-refractivity contribution in [1.29, 1.82) is 0 Å². The molecule has 1 atom stereocenters. The Morgan fingerprint density at radius 2 is 1.60 bits per heavy atom. The Morgan fingerprint density at radius 1 is 1.00 bits per heavy atom. The lowest BCUT2D eigenvalue weighted by Gasteiger charge is -2.28. The van der Waals surface area contributed by atoms with Crippen LogP contribution in [0.15, 0.2) is 73.1 Å². The fourth-order valence-corrected chi connectivity index (χ4v) is 3.55. The van der Waals surface area contributed by atoms with Crippen LogP contribution < -0.4 is 0 Å². The number of likely N-dealkylation sites (N-methyl/N-ethyl adjacent to an activating group) is 1. The van der Waals surface area contributed by atoms with Gasteiger partial charge in [0.1, 0.15) is 0 Å². The van der Waals surface area contributed by atoms with Crippen LogP contribution in [-0.2, 0) is 4.79 Å². The Labute approximate surface area is 146 Å². The molecule has 0 aliphatic heterocycles.